The maximum Gasteiger partial charge on any atom is 0.165 e. The van der Waals surface area contributed by atoms with Crippen LogP contribution in [-0.4, -0.2) is 23.9 Å². The number of rotatable bonds is 2. The Hall–Kier alpha value is -6.33. The zero-order valence-corrected chi connectivity index (χ0v) is 24.5. The fraction of sp³-hybridized carbons (Fsp3) is 0. The first-order valence-electron chi connectivity index (χ1n) is 15.6. The van der Waals surface area contributed by atoms with Gasteiger partial charge in [0, 0.05) is 44.1 Å². The molecule has 0 atom stereocenters. The van der Waals surface area contributed by atoms with E-state index in [1.807, 2.05) is 24.3 Å². The molecule has 0 saturated heterocycles. The molecule has 0 unspecified atom stereocenters. The minimum atomic E-state index is 0.658. The number of benzene rings is 6. The first-order valence-corrected chi connectivity index (χ1v) is 15.6. The molecule has 0 aliphatic heterocycles. The standard InChI is InChI=1S/C41H23N5/c1-2-11-25(12-3-1)39-43-40-30(17-9-23-42-40)41(44-39)46-33-20-19-24-10-4-5-13-26(24)35(33)37-34(46)22-21-32-36(37)29-16-8-15-28-27-14-6-7-18-31(27)45(32)38(28)29/h1-23H. The molecule has 0 aliphatic carbocycles. The van der Waals surface area contributed by atoms with Crippen LogP contribution >= 0.6 is 0 Å². The van der Waals surface area contributed by atoms with Crippen LogP contribution in [0, 0.1) is 0 Å². The number of nitrogens with zero attached hydrogens (tertiary/aromatic N) is 5. The Kier molecular flexibility index (Phi) is 4.52. The Balaban J connectivity index is 1.40. The van der Waals surface area contributed by atoms with E-state index in [2.05, 4.69) is 118 Å². The maximum atomic E-state index is 5.30. The predicted molar refractivity (Wildman–Crippen MR) is 189 cm³/mol. The number of aromatic nitrogens is 5. The van der Waals surface area contributed by atoms with Crippen molar-refractivity contribution < 1.29 is 0 Å². The second-order valence-corrected chi connectivity index (χ2v) is 12.0. The molecule has 5 nitrogen and oxygen atoms in total. The summed E-state index contributed by atoms with van der Waals surface area (Å²) in [5.41, 5.74) is 7.58. The first-order chi connectivity index (χ1) is 22.8. The molecule has 11 aromatic rings. The average Bonchev–Trinajstić information content (AvgIpc) is 3.76. The lowest BCUT2D eigenvalue weighted by Crippen LogP contribution is -2.03. The van der Waals surface area contributed by atoms with Crippen molar-refractivity contribution in [1.82, 2.24) is 23.9 Å². The molecule has 0 radical (unpaired) electrons. The van der Waals surface area contributed by atoms with E-state index in [0.717, 1.165) is 27.8 Å². The van der Waals surface area contributed by atoms with E-state index in [-0.39, 0.29) is 0 Å². The van der Waals surface area contributed by atoms with Gasteiger partial charge in [0.1, 0.15) is 0 Å². The average molecular weight is 586 g/mol. The van der Waals surface area contributed by atoms with Crippen molar-refractivity contribution in [3.05, 3.63) is 140 Å². The van der Waals surface area contributed by atoms with Crippen molar-refractivity contribution >= 4 is 81.7 Å². The number of hydrogen-bond acceptors (Lipinski definition) is 3. The summed E-state index contributed by atoms with van der Waals surface area (Å²) >= 11 is 0. The Morgan fingerprint density at radius 2 is 1.13 bits per heavy atom. The van der Waals surface area contributed by atoms with Crippen LogP contribution in [0.2, 0.25) is 0 Å². The smallest absolute Gasteiger partial charge is 0.165 e. The van der Waals surface area contributed by atoms with Crippen molar-refractivity contribution in [2.75, 3.05) is 0 Å². The van der Waals surface area contributed by atoms with Crippen LogP contribution in [0.1, 0.15) is 0 Å². The molecule has 0 fully saturated rings. The van der Waals surface area contributed by atoms with Gasteiger partial charge in [0.25, 0.3) is 0 Å². The van der Waals surface area contributed by atoms with E-state index in [9.17, 15) is 0 Å². The maximum absolute atomic E-state index is 5.30. The summed E-state index contributed by atoms with van der Waals surface area (Å²) in [4.78, 5) is 14.9. The van der Waals surface area contributed by atoms with E-state index in [1.54, 1.807) is 6.20 Å². The molecule has 0 N–H and O–H groups in total. The number of pyridine rings is 1. The minimum Gasteiger partial charge on any atom is -0.308 e. The highest BCUT2D eigenvalue weighted by molar-refractivity contribution is 6.36. The zero-order valence-electron chi connectivity index (χ0n) is 24.5. The third-order valence-electron chi connectivity index (χ3n) is 9.70. The molecule has 0 bridgehead atoms. The summed E-state index contributed by atoms with van der Waals surface area (Å²) in [5.74, 6) is 1.49. The van der Waals surface area contributed by atoms with Crippen molar-refractivity contribution in [3.8, 4) is 17.2 Å². The van der Waals surface area contributed by atoms with Crippen molar-refractivity contribution in [1.29, 1.82) is 0 Å². The largest absolute Gasteiger partial charge is 0.308 e. The van der Waals surface area contributed by atoms with Crippen molar-refractivity contribution in [3.63, 3.8) is 0 Å². The monoisotopic (exact) mass is 585 g/mol. The van der Waals surface area contributed by atoms with Crippen molar-refractivity contribution in [2.45, 2.75) is 0 Å². The Morgan fingerprint density at radius 1 is 0.435 bits per heavy atom. The van der Waals surface area contributed by atoms with Gasteiger partial charge in [-0.1, -0.05) is 97.1 Å². The van der Waals surface area contributed by atoms with Crippen molar-refractivity contribution in [2.24, 2.45) is 0 Å². The second-order valence-electron chi connectivity index (χ2n) is 12.0. The van der Waals surface area contributed by atoms with Gasteiger partial charge in [-0.2, -0.15) is 0 Å². The molecule has 0 saturated carbocycles. The summed E-state index contributed by atoms with van der Waals surface area (Å²) in [6, 6.07) is 47.5. The number of para-hydroxylation sites is 2. The van der Waals surface area contributed by atoms with Gasteiger partial charge in [-0.05, 0) is 47.2 Å². The number of hydrogen-bond donors (Lipinski definition) is 0. The van der Waals surface area contributed by atoms with Gasteiger partial charge in [0.05, 0.1) is 33.0 Å². The topological polar surface area (TPSA) is 48.0 Å². The van der Waals surface area contributed by atoms with Gasteiger partial charge < -0.3 is 4.40 Å². The Morgan fingerprint density at radius 3 is 2.07 bits per heavy atom. The quantitative estimate of drug-likeness (QED) is 0.203. The van der Waals surface area contributed by atoms with E-state index < -0.39 is 0 Å². The molecule has 5 aromatic heterocycles. The molecule has 0 aliphatic rings. The van der Waals surface area contributed by atoms with E-state index >= 15 is 0 Å². The molecule has 0 spiro atoms. The van der Waals surface area contributed by atoms with Crippen LogP contribution in [-0.2, 0) is 0 Å². The predicted octanol–water partition coefficient (Wildman–Crippen LogP) is 10.1. The van der Waals surface area contributed by atoms with Gasteiger partial charge in [-0.25, -0.2) is 15.0 Å². The van der Waals surface area contributed by atoms with E-state index in [0.29, 0.717) is 11.5 Å². The molecule has 5 heterocycles. The normalized spacial score (nSPS) is 12.3. The summed E-state index contributed by atoms with van der Waals surface area (Å²) in [6.45, 7) is 0. The van der Waals surface area contributed by atoms with Crippen LogP contribution < -0.4 is 0 Å². The summed E-state index contributed by atoms with van der Waals surface area (Å²) in [5, 5.41) is 10.9. The molecule has 0 amide bonds. The van der Waals surface area contributed by atoms with Crippen LogP contribution in [0.15, 0.2) is 140 Å². The highest BCUT2D eigenvalue weighted by Crippen LogP contribution is 2.46. The van der Waals surface area contributed by atoms with Crippen LogP contribution in [0.25, 0.3) is 98.9 Å². The molecule has 46 heavy (non-hydrogen) atoms. The van der Waals surface area contributed by atoms with Crippen LogP contribution in [0.3, 0.4) is 0 Å². The summed E-state index contributed by atoms with van der Waals surface area (Å²) < 4.78 is 4.79. The molecule has 212 valence electrons. The fourth-order valence-electron chi connectivity index (χ4n) is 7.85. The SMILES string of the molecule is c1ccc(-c2nc(-n3c4ccc5ccccc5c4c4c5c6cccc7c8ccccc8n(c5ccc43)c76)c3cccnc3n2)cc1. The third-order valence-corrected chi connectivity index (χ3v) is 9.70. The lowest BCUT2D eigenvalue weighted by atomic mass is 10.00. The molecular formula is C41H23N5. The highest BCUT2D eigenvalue weighted by Gasteiger charge is 2.24. The summed E-state index contributed by atoms with van der Waals surface area (Å²) in [7, 11) is 0. The van der Waals surface area contributed by atoms with Gasteiger partial charge in [-0.15, -0.1) is 0 Å². The minimum absolute atomic E-state index is 0.658. The second kappa shape index (κ2) is 8.65. The lowest BCUT2D eigenvalue weighted by Gasteiger charge is -2.12. The highest BCUT2D eigenvalue weighted by atomic mass is 15.1. The first kappa shape index (κ1) is 24.0. The third kappa shape index (κ3) is 2.97. The molecular weight excluding hydrogens is 562 g/mol. The van der Waals surface area contributed by atoms with E-state index in [1.165, 1.54) is 59.6 Å². The Labute approximate surface area is 261 Å². The van der Waals surface area contributed by atoms with Crippen LogP contribution in [0.5, 0.6) is 0 Å². The zero-order chi connectivity index (χ0) is 29.9. The number of fused-ring (bicyclic) bond motifs is 13. The van der Waals surface area contributed by atoms with Gasteiger partial charge in [-0.3, -0.25) is 4.57 Å². The van der Waals surface area contributed by atoms with E-state index in [4.69, 9.17) is 15.0 Å². The molecule has 11 rings (SSSR count). The molecule has 5 heteroatoms. The van der Waals surface area contributed by atoms with Gasteiger partial charge in [0.15, 0.2) is 17.3 Å². The van der Waals surface area contributed by atoms with Gasteiger partial charge in [0.2, 0.25) is 0 Å². The Bertz CT molecular complexity index is 3020. The van der Waals surface area contributed by atoms with Crippen LogP contribution in [0.4, 0.5) is 0 Å². The molecule has 6 aromatic carbocycles. The van der Waals surface area contributed by atoms with Gasteiger partial charge >= 0.3 is 0 Å². The fourth-order valence-corrected chi connectivity index (χ4v) is 7.85. The lowest BCUT2D eigenvalue weighted by molar-refractivity contribution is 1.07. The summed E-state index contributed by atoms with van der Waals surface area (Å²) in [6.07, 6.45) is 1.81.